The van der Waals surface area contributed by atoms with E-state index < -0.39 is 0 Å². The number of nitrogens with zero attached hydrogens (tertiary/aromatic N) is 3. The van der Waals surface area contributed by atoms with E-state index in [0.29, 0.717) is 0 Å². The zero-order chi connectivity index (χ0) is 14.0. The summed E-state index contributed by atoms with van der Waals surface area (Å²) in [5.74, 6) is 0. The van der Waals surface area contributed by atoms with Crippen LogP contribution in [0.4, 0.5) is 0 Å². The smallest absolute Gasteiger partial charge is 0.0640 e. The Kier molecular flexibility index (Phi) is 4.10. The molecule has 0 bridgehead atoms. The van der Waals surface area contributed by atoms with E-state index in [1.807, 2.05) is 17.9 Å². The summed E-state index contributed by atoms with van der Waals surface area (Å²) in [6.45, 7) is 3.74. The van der Waals surface area contributed by atoms with E-state index in [1.165, 1.54) is 25.7 Å². The van der Waals surface area contributed by atoms with Crippen LogP contribution in [0.2, 0.25) is 0 Å². The van der Waals surface area contributed by atoms with Crippen molar-refractivity contribution in [2.24, 2.45) is 12.8 Å². The minimum absolute atomic E-state index is 0.165. The van der Waals surface area contributed by atoms with E-state index >= 15 is 0 Å². The molecule has 2 fully saturated rings. The molecule has 2 aliphatic rings. The maximum absolute atomic E-state index is 6.65. The topological polar surface area (TPSA) is 56.3 Å². The van der Waals surface area contributed by atoms with Gasteiger partial charge in [0.15, 0.2) is 0 Å². The van der Waals surface area contributed by atoms with E-state index in [1.54, 1.807) is 0 Å². The van der Waals surface area contributed by atoms with Gasteiger partial charge in [0.2, 0.25) is 0 Å². The molecule has 0 radical (unpaired) electrons. The van der Waals surface area contributed by atoms with Gasteiger partial charge in [-0.1, -0.05) is 12.8 Å². The molecule has 3 rings (SSSR count). The van der Waals surface area contributed by atoms with Gasteiger partial charge in [0.05, 0.1) is 18.9 Å². The van der Waals surface area contributed by atoms with Crippen molar-refractivity contribution in [3.05, 3.63) is 18.0 Å². The molecule has 1 saturated carbocycles. The van der Waals surface area contributed by atoms with E-state index in [2.05, 4.69) is 16.1 Å². The molecule has 112 valence electrons. The van der Waals surface area contributed by atoms with Gasteiger partial charge in [-0.05, 0) is 18.9 Å². The molecule has 1 aromatic rings. The van der Waals surface area contributed by atoms with Crippen LogP contribution < -0.4 is 5.73 Å². The number of morpholine rings is 1. The van der Waals surface area contributed by atoms with E-state index in [4.69, 9.17) is 10.5 Å². The molecule has 2 heterocycles. The predicted molar refractivity (Wildman–Crippen MR) is 78.5 cm³/mol. The fraction of sp³-hybridized carbons (Fsp3) is 0.800. The fourth-order valence-corrected chi connectivity index (χ4v) is 3.90. The van der Waals surface area contributed by atoms with Crippen LogP contribution in [0.5, 0.6) is 0 Å². The highest BCUT2D eigenvalue weighted by Crippen LogP contribution is 2.38. The van der Waals surface area contributed by atoms with Crippen molar-refractivity contribution >= 4 is 0 Å². The van der Waals surface area contributed by atoms with Crippen LogP contribution in [0.3, 0.4) is 0 Å². The maximum atomic E-state index is 6.65. The third kappa shape index (κ3) is 2.62. The molecule has 1 aromatic heterocycles. The summed E-state index contributed by atoms with van der Waals surface area (Å²) in [6.07, 6.45) is 7.92. The van der Waals surface area contributed by atoms with Crippen LogP contribution in [0.1, 0.15) is 31.4 Å². The minimum Gasteiger partial charge on any atom is -0.379 e. The molecular formula is C15H26N4O. The summed E-state index contributed by atoms with van der Waals surface area (Å²) in [5.41, 5.74) is 7.93. The van der Waals surface area contributed by atoms with Gasteiger partial charge >= 0.3 is 0 Å². The SMILES string of the molecule is Cn1ccc(CC(N)C2(N3CCOCC3)CCCC2)n1. The second kappa shape index (κ2) is 5.84. The maximum Gasteiger partial charge on any atom is 0.0640 e. The average Bonchev–Trinajstić information content (AvgIpc) is 3.10. The second-order valence-electron chi connectivity index (χ2n) is 6.20. The standard InChI is InChI=1S/C15H26N4O/c1-18-7-4-13(17-18)12-14(16)15(5-2-3-6-15)19-8-10-20-11-9-19/h4,7,14H,2-3,5-6,8-12,16H2,1H3. The first-order valence-corrected chi connectivity index (χ1v) is 7.78. The summed E-state index contributed by atoms with van der Waals surface area (Å²) >= 11 is 0. The number of hydrogen-bond acceptors (Lipinski definition) is 4. The van der Waals surface area contributed by atoms with Crippen molar-refractivity contribution in [2.75, 3.05) is 26.3 Å². The lowest BCUT2D eigenvalue weighted by molar-refractivity contribution is -0.0306. The number of nitrogens with two attached hydrogens (primary N) is 1. The highest BCUT2D eigenvalue weighted by molar-refractivity contribution is 5.09. The lowest BCUT2D eigenvalue weighted by Crippen LogP contribution is -2.61. The molecule has 0 amide bonds. The number of aromatic nitrogens is 2. The third-order valence-corrected chi connectivity index (χ3v) is 5.00. The Balaban J connectivity index is 1.75. The molecule has 1 aliphatic heterocycles. The average molecular weight is 278 g/mol. The van der Waals surface area contributed by atoms with Gasteiger partial charge in [-0.25, -0.2) is 0 Å². The Labute approximate surface area is 121 Å². The monoisotopic (exact) mass is 278 g/mol. The molecule has 0 aromatic carbocycles. The predicted octanol–water partition coefficient (Wildman–Crippen LogP) is 0.935. The van der Waals surface area contributed by atoms with Crippen molar-refractivity contribution in [3.8, 4) is 0 Å². The van der Waals surface area contributed by atoms with Crippen LogP contribution in [0.15, 0.2) is 12.3 Å². The fourth-order valence-electron chi connectivity index (χ4n) is 3.90. The summed E-state index contributed by atoms with van der Waals surface area (Å²) < 4.78 is 7.37. The van der Waals surface area contributed by atoms with Crippen LogP contribution >= 0.6 is 0 Å². The number of ether oxygens (including phenoxy) is 1. The number of hydrogen-bond donors (Lipinski definition) is 1. The van der Waals surface area contributed by atoms with Crippen LogP contribution in [0, 0.1) is 0 Å². The van der Waals surface area contributed by atoms with E-state index in [0.717, 1.165) is 38.4 Å². The number of rotatable bonds is 4. The Bertz CT molecular complexity index is 433. The molecule has 5 heteroatoms. The van der Waals surface area contributed by atoms with Gasteiger partial charge in [-0.2, -0.15) is 5.10 Å². The molecule has 0 spiro atoms. The highest BCUT2D eigenvalue weighted by atomic mass is 16.5. The first-order valence-electron chi connectivity index (χ1n) is 7.78. The zero-order valence-corrected chi connectivity index (χ0v) is 12.4. The van der Waals surface area contributed by atoms with Crippen LogP contribution in [-0.4, -0.2) is 52.6 Å². The van der Waals surface area contributed by atoms with Gasteiger partial charge in [0.1, 0.15) is 0 Å². The van der Waals surface area contributed by atoms with E-state index in [9.17, 15) is 0 Å². The summed E-state index contributed by atoms with van der Waals surface area (Å²) in [5, 5.41) is 4.49. The quantitative estimate of drug-likeness (QED) is 0.890. The summed E-state index contributed by atoms with van der Waals surface area (Å²) in [6, 6.07) is 2.25. The molecule has 1 unspecified atom stereocenters. The molecule has 1 saturated heterocycles. The molecular weight excluding hydrogens is 252 g/mol. The molecule has 20 heavy (non-hydrogen) atoms. The van der Waals surface area contributed by atoms with Gasteiger partial charge < -0.3 is 10.5 Å². The van der Waals surface area contributed by atoms with Crippen LogP contribution in [0.25, 0.3) is 0 Å². The van der Waals surface area contributed by atoms with Crippen molar-refractivity contribution in [2.45, 2.75) is 43.7 Å². The lowest BCUT2D eigenvalue weighted by Gasteiger charge is -2.47. The van der Waals surface area contributed by atoms with Crippen LogP contribution in [-0.2, 0) is 18.2 Å². The summed E-state index contributed by atoms with van der Waals surface area (Å²) in [7, 11) is 1.96. The van der Waals surface area contributed by atoms with E-state index in [-0.39, 0.29) is 11.6 Å². The van der Waals surface area contributed by atoms with Gasteiger partial charge in [0, 0.05) is 44.3 Å². The Morgan fingerprint density at radius 3 is 2.65 bits per heavy atom. The van der Waals surface area contributed by atoms with Crippen molar-refractivity contribution in [3.63, 3.8) is 0 Å². The molecule has 2 N–H and O–H groups in total. The largest absolute Gasteiger partial charge is 0.379 e. The normalized spacial score (nSPS) is 24.9. The van der Waals surface area contributed by atoms with Crippen molar-refractivity contribution < 1.29 is 4.74 Å². The van der Waals surface area contributed by atoms with Gasteiger partial charge in [-0.3, -0.25) is 9.58 Å². The van der Waals surface area contributed by atoms with Crippen molar-refractivity contribution in [1.29, 1.82) is 0 Å². The second-order valence-corrected chi connectivity index (χ2v) is 6.20. The lowest BCUT2D eigenvalue weighted by atomic mass is 9.83. The molecule has 1 aliphatic carbocycles. The first kappa shape index (κ1) is 14.0. The Morgan fingerprint density at radius 2 is 2.05 bits per heavy atom. The molecule has 5 nitrogen and oxygen atoms in total. The Hall–Kier alpha value is -0.910. The first-order chi connectivity index (χ1) is 9.71. The highest BCUT2D eigenvalue weighted by Gasteiger charge is 2.44. The van der Waals surface area contributed by atoms with Gasteiger partial charge in [-0.15, -0.1) is 0 Å². The zero-order valence-electron chi connectivity index (χ0n) is 12.4. The molecule has 1 atom stereocenters. The van der Waals surface area contributed by atoms with Crippen molar-refractivity contribution in [1.82, 2.24) is 14.7 Å². The summed E-state index contributed by atoms with van der Waals surface area (Å²) in [4.78, 5) is 2.59. The third-order valence-electron chi connectivity index (χ3n) is 5.00. The minimum atomic E-state index is 0.165. The number of aryl methyl sites for hydroxylation is 1. The van der Waals surface area contributed by atoms with Gasteiger partial charge in [0.25, 0.3) is 0 Å². The Morgan fingerprint density at radius 1 is 1.35 bits per heavy atom.